The Morgan fingerprint density at radius 1 is 1.19 bits per heavy atom. The first-order valence-electron chi connectivity index (χ1n) is 9.35. The SMILES string of the molecule is CC(C)(C)c1nc(CN2CCN(C(=O)c3cc4ccccc4o3)CC2)cs1. The first-order valence-corrected chi connectivity index (χ1v) is 10.2. The predicted molar refractivity (Wildman–Crippen MR) is 108 cm³/mol. The Labute approximate surface area is 163 Å². The minimum Gasteiger partial charge on any atom is -0.451 e. The van der Waals surface area contributed by atoms with E-state index in [1.807, 2.05) is 35.2 Å². The topological polar surface area (TPSA) is 49.6 Å². The van der Waals surface area contributed by atoms with Crippen molar-refractivity contribution in [1.82, 2.24) is 14.8 Å². The van der Waals surface area contributed by atoms with Crippen molar-refractivity contribution in [1.29, 1.82) is 0 Å². The van der Waals surface area contributed by atoms with Crippen LogP contribution in [0.2, 0.25) is 0 Å². The van der Waals surface area contributed by atoms with Crippen LogP contribution in [0.1, 0.15) is 42.0 Å². The van der Waals surface area contributed by atoms with E-state index in [2.05, 4.69) is 31.1 Å². The number of benzene rings is 1. The zero-order valence-electron chi connectivity index (χ0n) is 16.1. The Kier molecular flexibility index (Phi) is 4.78. The maximum atomic E-state index is 12.8. The minimum atomic E-state index is -0.0190. The largest absolute Gasteiger partial charge is 0.451 e. The Bertz CT molecular complexity index is 913. The summed E-state index contributed by atoms with van der Waals surface area (Å²) in [4.78, 5) is 21.8. The van der Waals surface area contributed by atoms with Gasteiger partial charge < -0.3 is 9.32 Å². The highest BCUT2D eigenvalue weighted by atomic mass is 32.1. The number of piperazine rings is 1. The third-order valence-corrected chi connectivity index (χ3v) is 6.19. The van der Waals surface area contributed by atoms with Crippen molar-refractivity contribution in [2.75, 3.05) is 26.2 Å². The van der Waals surface area contributed by atoms with Crippen LogP contribution in [0.4, 0.5) is 0 Å². The number of nitrogens with zero attached hydrogens (tertiary/aromatic N) is 3. The zero-order valence-corrected chi connectivity index (χ0v) is 16.9. The summed E-state index contributed by atoms with van der Waals surface area (Å²) >= 11 is 1.74. The molecule has 0 bridgehead atoms. The lowest BCUT2D eigenvalue weighted by molar-refractivity contribution is 0.0599. The first kappa shape index (κ1) is 18.2. The summed E-state index contributed by atoms with van der Waals surface area (Å²) in [6, 6.07) is 9.57. The maximum absolute atomic E-state index is 12.8. The number of fused-ring (bicyclic) bond motifs is 1. The average molecular weight is 384 g/mol. The predicted octanol–water partition coefficient (Wildman–Crippen LogP) is 4.14. The van der Waals surface area contributed by atoms with Crippen molar-refractivity contribution in [3.05, 3.63) is 52.2 Å². The van der Waals surface area contributed by atoms with Gasteiger partial charge in [-0.1, -0.05) is 39.0 Å². The van der Waals surface area contributed by atoms with Gasteiger partial charge in [-0.05, 0) is 12.1 Å². The van der Waals surface area contributed by atoms with Gasteiger partial charge in [-0.3, -0.25) is 9.69 Å². The summed E-state index contributed by atoms with van der Waals surface area (Å²) in [6.45, 7) is 10.6. The molecule has 0 spiro atoms. The van der Waals surface area contributed by atoms with E-state index in [4.69, 9.17) is 9.40 Å². The second kappa shape index (κ2) is 7.09. The molecular weight excluding hydrogens is 358 g/mol. The van der Waals surface area contributed by atoms with Gasteiger partial charge >= 0.3 is 0 Å². The molecule has 1 saturated heterocycles. The smallest absolute Gasteiger partial charge is 0.289 e. The molecule has 27 heavy (non-hydrogen) atoms. The van der Waals surface area contributed by atoms with Gasteiger partial charge in [-0.25, -0.2) is 4.98 Å². The molecule has 0 unspecified atom stereocenters. The normalized spacial score (nSPS) is 16.2. The fraction of sp³-hybridized carbons (Fsp3) is 0.429. The first-order chi connectivity index (χ1) is 12.9. The molecule has 3 aromatic rings. The number of para-hydroxylation sites is 1. The fourth-order valence-electron chi connectivity index (χ4n) is 3.31. The molecule has 6 heteroatoms. The second-order valence-corrected chi connectivity index (χ2v) is 8.97. The highest BCUT2D eigenvalue weighted by Crippen LogP contribution is 2.26. The molecule has 142 valence electrons. The number of furan rings is 1. The van der Waals surface area contributed by atoms with Crippen LogP contribution in [-0.2, 0) is 12.0 Å². The van der Waals surface area contributed by atoms with Crippen molar-refractivity contribution < 1.29 is 9.21 Å². The maximum Gasteiger partial charge on any atom is 0.289 e. The molecule has 1 aromatic carbocycles. The van der Waals surface area contributed by atoms with Crippen LogP contribution in [0.25, 0.3) is 11.0 Å². The summed E-state index contributed by atoms with van der Waals surface area (Å²) in [5.41, 5.74) is 1.99. The van der Waals surface area contributed by atoms with Gasteiger partial charge in [0.2, 0.25) is 0 Å². The Morgan fingerprint density at radius 3 is 2.59 bits per heavy atom. The number of carbonyl (C=O) groups excluding carboxylic acids is 1. The van der Waals surface area contributed by atoms with Crippen LogP contribution in [-0.4, -0.2) is 46.9 Å². The summed E-state index contributed by atoms with van der Waals surface area (Å²) in [5.74, 6) is 0.411. The van der Waals surface area contributed by atoms with Crippen molar-refractivity contribution in [2.24, 2.45) is 0 Å². The van der Waals surface area contributed by atoms with Crippen molar-refractivity contribution in [2.45, 2.75) is 32.7 Å². The summed E-state index contributed by atoms with van der Waals surface area (Å²) in [5, 5.41) is 4.31. The zero-order chi connectivity index (χ0) is 19.0. The number of hydrogen-bond donors (Lipinski definition) is 0. The molecule has 3 heterocycles. The summed E-state index contributed by atoms with van der Waals surface area (Å²) < 4.78 is 5.73. The van der Waals surface area contributed by atoms with Crippen molar-refractivity contribution >= 4 is 28.2 Å². The average Bonchev–Trinajstić information content (AvgIpc) is 3.28. The minimum absolute atomic E-state index is 0.0190. The summed E-state index contributed by atoms with van der Waals surface area (Å²) in [7, 11) is 0. The molecule has 5 nitrogen and oxygen atoms in total. The summed E-state index contributed by atoms with van der Waals surface area (Å²) in [6.07, 6.45) is 0. The Balaban J connectivity index is 1.35. The number of rotatable bonds is 3. The second-order valence-electron chi connectivity index (χ2n) is 8.11. The van der Waals surface area contributed by atoms with Crippen LogP contribution in [0, 0.1) is 0 Å². The lowest BCUT2D eigenvalue weighted by atomic mass is 9.98. The fourth-order valence-corrected chi connectivity index (χ4v) is 4.20. The van der Waals surface area contributed by atoms with Crippen molar-refractivity contribution in [3.8, 4) is 0 Å². The van der Waals surface area contributed by atoms with E-state index in [-0.39, 0.29) is 11.3 Å². The van der Waals surface area contributed by atoms with E-state index in [1.54, 1.807) is 11.3 Å². The van der Waals surface area contributed by atoms with E-state index in [1.165, 1.54) is 5.01 Å². The van der Waals surface area contributed by atoms with Gasteiger partial charge in [0.05, 0.1) is 10.7 Å². The third kappa shape index (κ3) is 3.92. The van der Waals surface area contributed by atoms with Gasteiger partial charge in [-0.15, -0.1) is 11.3 Å². The third-order valence-electron chi connectivity index (χ3n) is 4.87. The molecule has 2 aromatic heterocycles. The number of aromatic nitrogens is 1. The van der Waals surface area contributed by atoms with E-state index < -0.39 is 0 Å². The van der Waals surface area contributed by atoms with Crippen LogP contribution in [0.3, 0.4) is 0 Å². The van der Waals surface area contributed by atoms with E-state index >= 15 is 0 Å². The monoisotopic (exact) mass is 383 g/mol. The number of hydrogen-bond acceptors (Lipinski definition) is 5. The molecule has 0 radical (unpaired) electrons. The molecule has 0 aliphatic carbocycles. The molecular formula is C21H25N3O2S. The molecule has 0 atom stereocenters. The molecule has 1 fully saturated rings. The van der Waals surface area contributed by atoms with Crippen LogP contribution in [0.15, 0.2) is 40.1 Å². The Hall–Kier alpha value is -2.18. The van der Waals surface area contributed by atoms with Gasteiger partial charge in [0.1, 0.15) is 5.58 Å². The van der Waals surface area contributed by atoms with Gasteiger partial charge in [0, 0.05) is 48.9 Å². The van der Waals surface area contributed by atoms with Gasteiger partial charge in [-0.2, -0.15) is 0 Å². The molecule has 1 amide bonds. The molecule has 4 rings (SSSR count). The number of carbonyl (C=O) groups is 1. The standard InChI is InChI=1S/C21H25N3O2S/c1-21(2,3)20-22-16(14-27-20)13-23-8-10-24(11-9-23)19(25)18-12-15-6-4-5-7-17(15)26-18/h4-7,12,14H,8-11,13H2,1-3H3. The number of thiazole rings is 1. The quantitative estimate of drug-likeness (QED) is 0.682. The van der Waals surface area contributed by atoms with E-state index in [9.17, 15) is 4.79 Å². The van der Waals surface area contributed by atoms with Crippen molar-refractivity contribution in [3.63, 3.8) is 0 Å². The highest BCUT2D eigenvalue weighted by Gasteiger charge is 2.25. The molecule has 0 saturated carbocycles. The molecule has 1 aliphatic heterocycles. The highest BCUT2D eigenvalue weighted by molar-refractivity contribution is 7.09. The van der Waals surface area contributed by atoms with Gasteiger partial charge in [0.15, 0.2) is 5.76 Å². The van der Waals surface area contributed by atoms with Crippen LogP contribution in [0.5, 0.6) is 0 Å². The molecule has 0 N–H and O–H groups in total. The lowest BCUT2D eigenvalue weighted by Crippen LogP contribution is -2.48. The van der Waals surface area contributed by atoms with E-state index in [0.717, 1.165) is 36.3 Å². The van der Waals surface area contributed by atoms with Crippen LogP contribution < -0.4 is 0 Å². The number of amides is 1. The Morgan fingerprint density at radius 2 is 1.93 bits per heavy atom. The van der Waals surface area contributed by atoms with Gasteiger partial charge in [0.25, 0.3) is 5.91 Å². The molecule has 1 aliphatic rings. The van der Waals surface area contributed by atoms with E-state index in [0.29, 0.717) is 18.8 Å². The lowest BCUT2D eigenvalue weighted by Gasteiger charge is -2.33. The van der Waals surface area contributed by atoms with Crippen LogP contribution >= 0.6 is 11.3 Å².